The lowest BCUT2D eigenvalue weighted by Gasteiger charge is -2.13. The number of hydrogen-bond donors (Lipinski definition) is 1. The maximum Gasteiger partial charge on any atom is 0.309 e. The van der Waals surface area contributed by atoms with E-state index in [9.17, 15) is 19.2 Å². The summed E-state index contributed by atoms with van der Waals surface area (Å²) in [5, 5.41) is 2.11. The number of amides is 3. The second-order valence-corrected chi connectivity index (χ2v) is 8.13. The first-order chi connectivity index (χ1) is 17.0. The Bertz CT molecular complexity index is 1070. The van der Waals surface area contributed by atoms with Crippen LogP contribution in [-0.4, -0.2) is 65.8 Å². The third-order valence-electron chi connectivity index (χ3n) is 4.59. The van der Waals surface area contributed by atoms with Crippen LogP contribution in [0.3, 0.4) is 0 Å². The van der Waals surface area contributed by atoms with E-state index in [1.54, 1.807) is 54.9 Å². The molecule has 1 N–H and O–H groups in total. The summed E-state index contributed by atoms with van der Waals surface area (Å²) in [5.41, 5.74) is 0.706. The number of hydrogen-bond acceptors (Lipinski definition) is 9. The van der Waals surface area contributed by atoms with Crippen molar-refractivity contribution in [2.45, 2.75) is 13.3 Å². The zero-order valence-corrected chi connectivity index (χ0v) is 19.9. The number of imide groups is 1. The molecule has 0 atom stereocenters. The van der Waals surface area contributed by atoms with E-state index in [1.165, 1.54) is 0 Å². The Morgan fingerprint density at radius 1 is 1.11 bits per heavy atom. The third-order valence-corrected chi connectivity index (χ3v) is 5.49. The molecule has 10 nitrogen and oxygen atoms in total. The summed E-state index contributed by atoms with van der Waals surface area (Å²) in [6.07, 6.45) is 4.76. The zero-order chi connectivity index (χ0) is 25.0. The van der Waals surface area contributed by atoms with Gasteiger partial charge in [-0.05, 0) is 60.7 Å². The Labute approximate surface area is 206 Å². The predicted molar refractivity (Wildman–Crippen MR) is 129 cm³/mol. The van der Waals surface area contributed by atoms with Crippen molar-refractivity contribution in [2.75, 3.05) is 32.9 Å². The highest BCUT2D eigenvalue weighted by Crippen LogP contribution is 2.31. The molecule has 1 aliphatic rings. The van der Waals surface area contributed by atoms with E-state index >= 15 is 0 Å². The minimum Gasteiger partial charge on any atom is -0.494 e. The molecule has 0 saturated carbocycles. The second kappa shape index (κ2) is 13.1. The molecule has 11 heteroatoms. The molecule has 184 valence electrons. The molecular weight excluding hydrogens is 474 g/mol. The summed E-state index contributed by atoms with van der Waals surface area (Å²) in [6, 6.07) is 10.5. The van der Waals surface area contributed by atoms with Gasteiger partial charge in [0.15, 0.2) is 6.61 Å². The quantitative estimate of drug-likeness (QED) is 0.347. The third kappa shape index (κ3) is 8.14. The molecule has 3 amide bonds. The molecule has 0 radical (unpaired) electrons. The topological polar surface area (TPSA) is 124 Å². The molecule has 0 spiro atoms. The maximum absolute atomic E-state index is 12.5. The van der Waals surface area contributed by atoms with E-state index in [2.05, 4.69) is 10.3 Å². The van der Waals surface area contributed by atoms with Gasteiger partial charge in [0.2, 0.25) is 0 Å². The van der Waals surface area contributed by atoms with E-state index in [0.29, 0.717) is 17.9 Å². The van der Waals surface area contributed by atoms with Crippen molar-refractivity contribution >= 4 is 40.9 Å². The molecule has 1 fully saturated rings. The molecule has 1 aromatic carbocycles. The molecule has 0 aliphatic carbocycles. The van der Waals surface area contributed by atoms with Gasteiger partial charge in [0, 0.05) is 25.5 Å². The number of nitrogens with zero attached hydrogens (tertiary/aromatic N) is 2. The number of nitrogens with one attached hydrogen (secondary N) is 1. The van der Waals surface area contributed by atoms with Crippen molar-refractivity contribution in [3.8, 4) is 11.5 Å². The van der Waals surface area contributed by atoms with Gasteiger partial charge >= 0.3 is 5.97 Å². The summed E-state index contributed by atoms with van der Waals surface area (Å²) in [6.45, 7) is 2.13. The molecule has 2 aromatic rings. The van der Waals surface area contributed by atoms with Crippen LogP contribution in [0.1, 0.15) is 18.9 Å². The van der Waals surface area contributed by atoms with Crippen LogP contribution in [0.2, 0.25) is 0 Å². The van der Waals surface area contributed by atoms with Gasteiger partial charge in [-0.15, -0.1) is 0 Å². The Hall–Kier alpha value is -3.86. The molecular formula is C24H25N3O7S. The van der Waals surface area contributed by atoms with Crippen LogP contribution in [-0.2, 0) is 19.1 Å². The van der Waals surface area contributed by atoms with Gasteiger partial charge in [0.05, 0.1) is 24.5 Å². The van der Waals surface area contributed by atoms with Gasteiger partial charge in [-0.1, -0.05) is 6.07 Å². The molecule has 35 heavy (non-hydrogen) atoms. The van der Waals surface area contributed by atoms with E-state index in [4.69, 9.17) is 14.2 Å². The monoisotopic (exact) mass is 499 g/mol. The number of esters is 1. The van der Waals surface area contributed by atoms with Crippen molar-refractivity contribution in [1.82, 2.24) is 15.2 Å². The van der Waals surface area contributed by atoms with Crippen molar-refractivity contribution < 1.29 is 33.4 Å². The van der Waals surface area contributed by atoms with Crippen LogP contribution in [0.5, 0.6) is 11.5 Å². The van der Waals surface area contributed by atoms with E-state index in [-0.39, 0.29) is 31.0 Å². The summed E-state index contributed by atoms with van der Waals surface area (Å²) < 4.78 is 15.7. The molecule has 0 unspecified atom stereocenters. The van der Waals surface area contributed by atoms with E-state index < -0.39 is 29.6 Å². The fourth-order valence-corrected chi connectivity index (χ4v) is 3.80. The first kappa shape index (κ1) is 25.8. The lowest BCUT2D eigenvalue weighted by atomic mass is 10.2. The SMILES string of the molecule is CCOc1ccc(OCCC(=O)OCC(=O)NCCN2C(=O)S/C(=C\c3cccnc3)C2=O)cc1. The van der Waals surface area contributed by atoms with Crippen LogP contribution in [0.15, 0.2) is 53.7 Å². The largest absolute Gasteiger partial charge is 0.494 e. The molecule has 1 saturated heterocycles. The van der Waals surface area contributed by atoms with Crippen molar-refractivity contribution in [3.05, 3.63) is 59.3 Å². The predicted octanol–water partition coefficient (Wildman–Crippen LogP) is 2.65. The van der Waals surface area contributed by atoms with Crippen LogP contribution in [0.4, 0.5) is 4.79 Å². The fourth-order valence-electron chi connectivity index (χ4n) is 2.93. The summed E-state index contributed by atoms with van der Waals surface area (Å²) in [4.78, 5) is 53.6. The smallest absolute Gasteiger partial charge is 0.309 e. The number of carbonyl (C=O) groups excluding carboxylic acids is 4. The first-order valence-corrected chi connectivity index (χ1v) is 11.7. The average molecular weight is 500 g/mol. The fraction of sp³-hybridized carbons (Fsp3) is 0.292. The number of carbonyl (C=O) groups is 4. The van der Waals surface area contributed by atoms with Gasteiger partial charge in [0.25, 0.3) is 17.1 Å². The van der Waals surface area contributed by atoms with Gasteiger partial charge in [0.1, 0.15) is 11.5 Å². The van der Waals surface area contributed by atoms with E-state index in [0.717, 1.165) is 22.4 Å². The van der Waals surface area contributed by atoms with Crippen LogP contribution >= 0.6 is 11.8 Å². The van der Waals surface area contributed by atoms with Crippen LogP contribution in [0.25, 0.3) is 6.08 Å². The summed E-state index contributed by atoms with van der Waals surface area (Å²) >= 11 is 0.829. The lowest BCUT2D eigenvalue weighted by Crippen LogP contribution is -2.38. The van der Waals surface area contributed by atoms with Gasteiger partial charge < -0.3 is 19.5 Å². The Morgan fingerprint density at radius 2 is 1.86 bits per heavy atom. The van der Waals surface area contributed by atoms with Crippen molar-refractivity contribution in [3.63, 3.8) is 0 Å². The van der Waals surface area contributed by atoms with Gasteiger partial charge in [-0.2, -0.15) is 0 Å². The minimum atomic E-state index is -0.586. The molecule has 3 rings (SSSR count). The lowest BCUT2D eigenvalue weighted by molar-refractivity contribution is -0.149. The van der Waals surface area contributed by atoms with Gasteiger partial charge in [-0.3, -0.25) is 29.1 Å². The molecule has 1 aromatic heterocycles. The summed E-state index contributed by atoms with van der Waals surface area (Å²) in [5.74, 6) is -0.246. The molecule has 2 heterocycles. The van der Waals surface area contributed by atoms with Crippen molar-refractivity contribution in [1.29, 1.82) is 0 Å². The van der Waals surface area contributed by atoms with Crippen LogP contribution < -0.4 is 14.8 Å². The summed E-state index contributed by atoms with van der Waals surface area (Å²) in [7, 11) is 0. The minimum absolute atomic E-state index is 0.00462. The first-order valence-electron chi connectivity index (χ1n) is 10.9. The highest BCUT2D eigenvalue weighted by molar-refractivity contribution is 8.18. The molecule has 1 aliphatic heterocycles. The Balaban J connectivity index is 1.31. The van der Waals surface area contributed by atoms with E-state index in [1.807, 2.05) is 6.92 Å². The van der Waals surface area contributed by atoms with Crippen LogP contribution in [0, 0.1) is 0 Å². The number of ether oxygens (including phenoxy) is 3. The maximum atomic E-state index is 12.5. The van der Waals surface area contributed by atoms with Gasteiger partial charge in [-0.25, -0.2) is 0 Å². The Morgan fingerprint density at radius 3 is 2.54 bits per heavy atom. The van der Waals surface area contributed by atoms with Crippen molar-refractivity contribution in [2.24, 2.45) is 0 Å². The highest BCUT2D eigenvalue weighted by atomic mass is 32.2. The second-order valence-electron chi connectivity index (χ2n) is 7.13. The number of benzene rings is 1. The average Bonchev–Trinajstić information content (AvgIpc) is 3.12. The number of thioether (sulfide) groups is 1. The molecule has 0 bridgehead atoms. The normalized spacial score (nSPS) is 14.2. The zero-order valence-electron chi connectivity index (χ0n) is 19.1. The highest BCUT2D eigenvalue weighted by Gasteiger charge is 2.34. The number of aromatic nitrogens is 1. The number of pyridine rings is 1. The number of rotatable bonds is 12. The Kier molecular flexibility index (Phi) is 9.67. The standard InChI is InChI=1S/C24H25N3O7S/c1-2-32-18-5-7-19(8-6-18)33-13-9-22(29)34-16-21(28)26-11-12-27-23(30)20(35-24(27)31)14-17-4-3-10-25-15-17/h3-8,10,14-15H,2,9,11-13,16H2,1H3,(H,26,28)/b20-14-.